The third-order valence-corrected chi connectivity index (χ3v) is 4.06. The van der Waals surface area contributed by atoms with Gasteiger partial charge in [0.05, 0.1) is 11.4 Å². The average molecular weight is 284 g/mol. The molecule has 106 valence electrons. The van der Waals surface area contributed by atoms with Crippen molar-refractivity contribution in [1.29, 1.82) is 0 Å². The normalized spacial score (nSPS) is 11.2. The van der Waals surface area contributed by atoms with Gasteiger partial charge in [-0.15, -0.1) is 0 Å². The van der Waals surface area contributed by atoms with Gasteiger partial charge in [0.2, 0.25) is 5.91 Å². The van der Waals surface area contributed by atoms with E-state index in [9.17, 15) is 13.2 Å². The molecule has 1 amide bonds. The molecular formula is C13H20N2O3S. The Morgan fingerprint density at radius 1 is 1.26 bits per heavy atom. The van der Waals surface area contributed by atoms with Gasteiger partial charge >= 0.3 is 0 Å². The molecule has 0 bridgehead atoms. The van der Waals surface area contributed by atoms with Crippen molar-refractivity contribution in [3.05, 3.63) is 23.3 Å². The van der Waals surface area contributed by atoms with Crippen LogP contribution in [0.5, 0.6) is 0 Å². The van der Waals surface area contributed by atoms with Gasteiger partial charge < -0.3 is 10.2 Å². The Balaban J connectivity index is 3.10. The second kappa shape index (κ2) is 5.61. The van der Waals surface area contributed by atoms with Crippen LogP contribution in [0.25, 0.3) is 0 Å². The number of benzene rings is 1. The van der Waals surface area contributed by atoms with Gasteiger partial charge in [0.1, 0.15) is 0 Å². The molecule has 1 aromatic rings. The highest BCUT2D eigenvalue weighted by Crippen LogP contribution is 2.25. The summed E-state index contributed by atoms with van der Waals surface area (Å²) in [4.78, 5) is 13.3. The van der Waals surface area contributed by atoms with Gasteiger partial charge in [0.15, 0.2) is 9.84 Å². The maximum absolute atomic E-state index is 11.7. The highest BCUT2D eigenvalue weighted by molar-refractivity contribution is 7.90. The minimum absolute atomic E-state index is 0.0678. The first-order valence-corrected chi connectivity index (χ1v) is 7.77. The van der Waals surface area contributed by atoms with Gasteiger partial charge in [-0.05, 0) is 37.1 Å². The quantitative estimate of drug-likeness (QED) is 0.902. The van der Waals surface area contributed by atoms with Crippen LogP contribution in [-0.4, -0.2) is 46.1 Å². The lowest BCUT2D eigenvalue weighted by molar-refractivity contribution is -0.126. The maximum Gasteiger partial charge on any atom is 0.241 e. The van der Waals surface area contributed by atoms with Crippen LogP contribution in [-0.2, 0) is 14.6 Å². The topological polar surface area (TPSA) is 66.5 Å². The van der Waals surface area contributed by atoms with Gasteiger partial charge in [-0.25, -0.2) is 8.42 Å². The Labute approximate surface area is 114 Å². The SMILES string of the molecule is Cc1cc(NCC(=O)N(C)C)c(C)c(S(C)(=O)=O)c1. The van der Waals surface area contributed by atoms with E-state index in [1.807, 2.05) is 13.0 Å². The van der Waals surface area contributed by atoms with E-state index in [2.05, 4.69) is 5.32 Å². The first-order chi connectivity index (χ1) is 8.62. The predicted molar refractivity (Wildman–Crippen MR) is 76.2 cm³/mol. The third kappa shape index (κ3) is 3.96. The number of anilines is 1. The van der Waals surface area contributed by atoms with Crippen molar-refractivity contribution in [3.63, 3.8) is 0 Å². The van der Waals surface area contributed by atoms with E-state index < -0.39 is 9.84 Å². The number of aryl methyl sites for hydroxylation is 1. The molecule has 0 aromatic heterocycles. The fraction of sp³-hybridized carbons (Fsp3) is 0.462. The number of likely N-dealkylation sites (N-methyl/N-ethyl adjacent to an activating group) is 1. The smallest absolute Gasteiger partial charge is 0.241 e. The molecule has 0 fully saturated rings. The largest absolute Gasteiger partial charge is 0.376 e. The minimum atomic E-state index is -3.27. The lowest BCUT2D eigenvalue weighted by Crippen LogP contribution is -2.28. The molecule has 0 radical (unpaired) electrons. The summed E-state index contributed by atoms with van der Waals surface area (Å²) in [5.41, 5.74) is 2.15. The van der Waals surface area contributed by atoms with Crippen LogP contribution in [0.4, 0.5) is 5.69 Å². The molecule has 0 unspecified atom stereocenters. The molecule has 1 N–H and O–H groups in total. The zero-order chi connectivity index (χ0) is 14.8. The third-order valence-electron chi connectivity index (χ3n) is 2.83. The van der Waals surface area contributed by atoms with E-state index in [1.165, 1.54) is 11.2 Å². The summed E-state index contributed by atoms with van der Waals surface area (Å²) in [5.74, 6) is -0.0678. The van der Waals surface area contributed by atoms with Crippen LogP contribution in [0.15, 0.2) is 17.0 Å². The van der Waals surface area contributed by atoms with Crippen molar-refractivity contribution >= 4 is 21.4 Å². The monoisotopic (exact) mass is 284 g/mol. The van der Waals surface area contributed by atoms with Gasteiger partial charge in [0.25, 0.3) is 0 Å². The number of nitrogens with zero attached hydrogens (tertiary/aromatic N) is 1. The zero-order valence-corrected chi connectivity index (χ0v) is 12.8. The van der Waals surface area contributed by atoms with Crippen LogP contribution >= 0.6 is 0 Å². The van der Waals surface area contributed by atoms with E-state index in [-0.39, 0.29) is 12.5 Å². The van der Waals surface area contributed by atoms with Crippen LogP contribution in [0, 0.1) is 13.8 Å². The Morgan fingerprint density at radius 2 is 1.84 bits per heavy atom. The maximum atomic E-state index is 11.7. The van der Waals surface area contributed by atoms with Gasteiger partial charge in [-0.1, -0.05) is 0 Å². The number of hydrogen-bond donors (Lipinski definition) is 1. The van der Waals surface area contributed by atoms with E-state index in [0.717, 1.165) is 5.56 Å². The second-order valence-electron chi connectivity index (χ2n) is 4.85. The summed E-state index contributed by atoms with van der Waals surface area (Å²) < 4.78 is 23.4. The number of nitrogens with one attached hydrogen (secondary N) is 1. The minimum Gasteiger partial charge on any atom is -0.376 e. The molecule has 0 heterocycles. The molecular weight excluding hydrogens is 264 g/mol. The standard InChI is InChI=1S/C13H20N2O3S/c1-9-6-11(14-8-13(16)15(3)4)10(2)12(7-9)19(5,17)18/h6-7,14H,8H2,1-5H3. The first kappa shape index (κ1) is 15.5. The van der Waals surface area contributed by atoms with Crippen LogP contribution in [0.1, 0.15) is 11.1 Å². The molecule has 0 saturated carbocycles. The van der Waals surface area contributed by atoms with E-state index in [1.54, 1.807) is 27.1 Å². The van der Waals surface area contributed by atoms with E-state index >= 15 is 0 Å². The van der Waals surface area contributed by atoms with Crippen molar-refractivity contribution in [1.82, 2.24) is 4.90 Å². The fourth-order valence-electron chi connectivity index (χ4n) is 1.72. The number of rotatable bonds is 4. The number of sulfone groups is 1. The van der Waals surface area contributed by atoms with E-state index in [4.69, 9.17) is 0 Å². The number of hydrogen-bond acceptors (Lipinski definition) is 4. The molecule has 1 aromatic carbocycles. The summed E-state index contributed by atoms with van der Waals surface area (Å²) >= 11 is 0. The summed E-state index contributed by atoms with van der Waals surface area (Å²) in [6, 6.07) is 3.48. The second-order valence-corrected chi connectivity index (χ2v) is 6.83. The van der Waals surface area contributed by atoms with Crippen molar-refractivity contribution < 1.29 is 13.2 Å². The molecule has 0 atom stereocenters. The zero-order valence-electron chi connectivity index (χ0n) is 11.9. The van der Waals surface area contributed by atoms with Crippen molar-refractivity contribution in [3.8, 4) is 0 Å². The molecule has 0 aliphatic rings. The Hall–Kier alpha value is -1.56. The van der Waals surface area contributed by atoms with Crippen LogP contribution in [0.2, 0.25) is 0 Å². The van der Waals surface area contributed by atoms with Crippen molar-refractivity contribution in [2.45, 2.75) is 18.7 Å². The lowest BCUT2D eigenvalue weighted by Gasteiger charge is -2.15. The molecule has 19 heavy (non-hydrogen) atoms. The van der Waals surface area contributed by atoms with Gasteiger partial charge in [0, 0.05) is 26.0 Å². The highest BCUT2D eigenvalue weighted by atomic mass is 32.2. The van der Waals surface area contributed by atoms with Gasteiger partial charge in [-0.2, -0.15) is 0 Å². The molecule has 0 spiro atoms. The van der Waals surface area contributed by atoms with Crippen molar-refractivity contribution in [2.75, 3.05) is 32.2 Å². The molecule has 0 aliphatic carbocycles. The summed E-state index contributed by atoms with van der Waals surface area (Å²) in [6.07, 6.45) is 1.18. The average Bonchev–Trinajstić information content (AvgIpc) is 2.27. The molecule has 0 saturated heterocycles. The number of carbonyl (C=O) groups is 1. The lowest BCUT2D eigenvalue weighted by atomic mass is 10.1. The molecule has 1 rings (SSSR count). The number of carbonyl (C=O) groups excluding carboxylic acids is 1. The summed E-state index contributed by atoms with van der Waals surface area (Å²) in [6.45, 7) is 3.70. The predicted octanol–water partition coefficient (Wildman–Crippen LogP) is 1.21. The molecule has 0 aliphatic heterocycles. The summed E-state index contributed by atoms with van der Waals surface area (Å²) in [5, 5.41) is 2.99. The fourth-order valence-corrected chi connectivity index (χ4v) is 2.79. The Morgan fingerprint density at radius 3 is 2.32 bits per heavy atom. The number of amides is 1. The Bertz CT molecular complexity index is 592. The van der Waals surface area contributed by atoms with Crippen LogP contribution in [0.3, 0.4) is 0 Å². The molecule has 6 heteroatoms. The highest BCUT2D eigenvalue weighted by Gasteiger charge is 2.15. The van der Waals surface area contributed by atoms with Crippen molar-refractivity contribution in [2.24, 2.45) is 0 Å². The van der Waals surface area contributed by atoms with E-state index in [0.29, 0.717) is 16.1 Å². The van der Waals surface area contributed by atoms with Gasteiger partial charge in [-0.3, -0.25) is 4.79 Å². The molecule has 5 nitrogen and oxygen atoms in total. The Kier molecular flexibility index (Phi) is 4.57. The van der Waals surface area contributed by atoms with Crippen LogP contribution < -0.4 is 5.32 Å². The first-order valence-electron chi connectivity index (χ1n) is 5.88. The summed E-state index contributed by atoms with van der Waals surface area (Å²) in [7, 11) is 0.0825.